The van der Waals surface area contributed by atoms with Crippen molar-refractivity contribution in [3.8, 4) is 11.8 Å². The maximum Gasteiger partial charge on any atom is 0.255 e. The predicted octanol–water partition coefficient (Wildman–Crippen LogP) is 2.43. The molecule has 0 radical (unpaired) electrons. The molecule has 1 atom stereocenters. The Morgan fingerprint density at radius 3 is 2.95 bits per heavy atom. The van der Waals surface area contributed by atoms with Crippen molar-refractivity contribution in [1.29, 1.82) is 0 Å². The van der Waals surface area contributed by atoms with Crippen LogP contribution in [0.4, 0.5) is 4.39 Å². The highest BCUT2D eigenvalue weighted by atomic mass is 19.1. The summed E-state index contributed by atoms with van der Waals surface area (Å²) in [5.41, 5.74) is 0.744. The van der Waals surface area contributed by atoms with Gasteiger partial charge in [0.15, 0.2) is 0 Å². The maximum absolute atomic E-state index is 13.5. The average molecular weight is 289 g/mol. The molecule has 1 aromatic carbocycles. The lowest BCUT2D eigenvalue weighted by Crippen LogP contribution is -2.38. The topological polar surface area (TPSA) is 40.5 Å². The van der Waals surface area contributed by atoms with E-state index in [-0.39, 0.29) is 24.1 Å². The zero-order chi connectivity index (χ0) is 15.4. The van der Waals surface area contributed by atoms with E-state index in [1.807, 2.05) is 4.90 Å². The van der Waals surface area contributed by atoms with Gasteiger partial charge in [-0.1, -0.05) is 25.7 Å². The Morgan fingerprint density at radius 2 is 2.29 bits per heavy atom. The van der Waals surface area contributed by atoms with Crippen molar-refractivity contribution in [3.05, 3.63) is 35.1 Å². The van der Waals surface area contributed by atoms with E-state index in [1.54, 1.807) is 0 Å². The van der Waals surface area contributed by atoms with Crippen LogP contribution in [-0.2, 0) is 0 Å². The Labute approximate surface area is 124 Å². The van der Waals surface area contributed by atoms with E-state index in [2.05, 4.69) is 25.7 Å². The van der Waals surface area contributed by atoms with Crippen LogP contribution in [0.5, 0.6) is 0 Å². The van der Waals surface area contributed by atoms with Crippen LogP contribution in [0.3, 0.4) is 0 Å². The maximum atomic E-state index is 13.5. The van der Waals surface area contributed by atoms with E-state index >= 15 is 0 Å². The van der Waals surface area contributed by atoms with Crippen molar-refractivity contribution in [2.75, 3.05) is 13.2 Å². The van der Waals surface area contributed by atoms with Crippen molar-refractivity contribution in [2.24, 2.45) is 5.92 Å². The molecule has 1 heterocycles. The van der Waals surface area contributed by atoms with Crippen LogP contribution in [0.25, 0.3) is 0 Å². The Hall–Kier alpha value is -1.86. The van der Waals surface area contributed by atoms with Crippen molar-refractivity contribution in [1.82, 2.24) is 4.90 Å². The zero-order valence-corrected chi connectivity index (χ0v) is 12.4. The van der Waals surface area contributed by atoms with Gasteiger partial charge in [0.25, 0.3) is 5.91 Å². The van der Waals surface area contributed by atoms with E-state index in [4.69, 9.17) is 5.11 Å². The molecule has 0 saturated carbocycles. The van der Waals surface area contributed by atoms with Gasteiger partial charge in [-0.25, -0.2) is 4.39 Å². The number of amides is 1. The summed E-state index contributed by atoms with van der Waals surface area (Å²) in [6, 6.07) is 4.20. The van der Waals surface area contributed by atoms with Gasteiger partial charge in [0, 0.05) is 18.2 Å². The number of aliphatic hydroxyl groups is 1. The van der Waals surface area contributed by atoms with Crippen molar-refractivity contribution < 1.29 is 14.3 Å². The number of hydrogen-bond acceptors (Lipinski definition) is 2. The second-order valence-electron chi connectivity index (χ2n) is 5.60. The number of carbonyl (C=O) groups is 1. The second-order valence-corrected chi connectivity index (χ2v) is 5.60. The van der Waals surface area contributed by atoms with Gasteiger partial charge in [-0.05, 0) is 37.0 Å². The average Bonchev–Trinajstić information content (AvgIpc) is 2.94. The van der Waals surface area contributed by atoms with Crippen LogP contribution in [0, 0.1) is 23.6 Å². The normalized spacial score (nSPS) is 17.8. The first-order valence-corrected chi connectivity index (χ1v) is 7.25. The van der Waals surface area contributed by atoms with Gasteiger partial charge in [0.2, 0.25) is 0 Å². The van der Waals surface area contributed by atoms with Crippen LogP contribution in [-0.4, -0.2) is 35.1 Å². The molecular formula is C17H20FNO2. The first kappa shape index (κ1) is 15.5. The second kappa shape index (κ2) is 6.73. The summed E-state index contributed by atoms with van der Waals surface area (Å²) in [6.07, 6.45) is 1.96. The third-order valence-corrected chi connectivity index (χ3v) is 3.84. The highest BCUT2D eigenvalue weighted by Gasteiger charge is 2.32. The Morgan fingerprint density at radius 1 is 1.52 bits per heavy atom. The number of halogens is 1. The summed E-state index contributed by atoms with van der Waals surface area (Å²) in [6.45, 7) is 4.59. The Kier molecular flexibility index (Phi) is 4.98. The smallest absolute Gasteiger partial charge is 0.255 e. The molecule has 0 aromatic heterocycles. The van der Waals surface area contributed by atoms with Gasteiger partial charge < -0.3 is 10.0 Å². The molecule has 112 valence electrons. The lowest BCUT2D eigenvalue weighted by atomic mass is 10.0. The number of benzene rings is 1. The van der Waals surface area contributed by atoms with Gasteiger partial charge in [0.05, 0.1) is 5.56 Å². The molecule has 1 fully saturated rings. The third kappa shape index (κ3) is 3.43. The summed E-state index contributed by atoms with van der Waals surface area (Å²) in [5.74, 6) is 4.99. The molecule has 1 saturated heterocycles. The summed E-state index contributed by atoms with van der Waals surface area (Å²) < 4.78 is 13.5. The van der Waals surface area contributed by atoms with E-state index in [1.165, 1.54) is 18.2 Å². The van der Waals surface area contributed by atoms with Gasteiger partial charge >= 0.3 is 0 Å². The van der Waals surface area contributed by atoms with Gasteiger partial charge in [-0.2, -0.15) is 0 Å². The van der Waals surface area contributed by atoms with E-state index < -0.39 is 5.82 Å². The fourth-order valence-corrected chi connectivity index (χ4v) is 2.83. The molecule has 0 aliphatic carbocycles. The fraction of sp³-hybridized carbons (Fsp3) is 0.471. The zero-order valence-electron chi connectivity index (χ0n) is 12.4. The molecule has 1 unspecified atom stereocenters. The number of nitrogens with zero attached hydrogens (tertiary/aromatic N) is 1. The summed E-state index contributed by atoms with van der Waals surface area (Å²) >= 11 is 0. The van der Waals surface area contributed by atoms with Crippen LogP contribution in [0.2, 0.25) is 0 Å². The van der Waals surface area contributed by atoms with Crippen molar-refractivity contribution in [3.63, 3.8) is 0 Å². The minimum atomic E-state index is -0.451. The van der Waals surface area contributed by atoms with Crippen LogP contribution >= 0.6 is 0 Å². The third-order valence-electron chi connectivity index (χ3n) is 3.84. The molecule has 1 aromatic rings. The molecule has 3 nitrogen and oxygen atoms in total. The molecular weight excluding hydrogens is 269 g/mol. The molecule has 21 heavy (non-hydrogen) atoms. The lowest BCUT2D eigenvalue weighted by molar-refractivity contribution is 0.0701. The van der Waals surface area contributed by atoms with E-state index in [0.29, 0.717) is 18.0 Å². The van der Waals surface area contributed by atoms with Gasteiger partial charge in [0.1, 0.15) is 12.4 Å². The van der Waals surface area contributed by atoms with Crippen molar-refractivity contribution >= 4 is 5.91 Å². The van der Waals surface area contributed by atoms with Crippen molar-refractivity contribution in [2.45, 2.75) is 32.7 Å². The predicted molar refractivity (Wildman–Crippen MR) is 79.3 cm³/mol. The number of rotatable bonds is 2. The molecule has 1 N–H and O–H groups in total. The number of hydrogen-bond donors (Lipinski definition) is 1. The van der Waals surface area contributed by atoms with Crippen LogP contribution in [0.15, 0.2) is 18.2 Å². The molecule has 0 bridgehead atoms. The van der Waals surface area contributed by atoms with Gasteiger partial charge in [-0.3, -0.25) is 4.79 Å². The quantitative estimate of drug-likeness (QED) is 0.850. The lowest BCUT2D eigenvalue weighted by Gasteiger charge is -2.28. The molecule has 1 aliphatic rings. The highest BCUT2D eigenvalue weighted by molar-refractivity contribution is 5.97. The Balaban J connectivity index is 2.36. The monoisotopic (exact) mass is 289 g/mol. The van der Waals surface area contributed by atoms with E-state index in [9.17, 15) is 9.18 Å². The summed E-state index contributed by atoms with van der Waals surface area (Å²) in [7, 11) is 0. The van der Waals surface area contributed by atoms with Gasteiger partial charge in [-0.15, -0.1) is 0 Å². The minimum Gasteiger partial charge on any atom is -0.384 e. The standard InChI is InChI=1S/C17H20FNO2/c1-12(2)16-6-3-9-19(16)17(21)15-11-14(18)8-7-13(15)5-4-10-20/h7-8,11-12,16,20H,3,6,9-10H2,1-2H3. The number of aliphatic hydroxyl groups excluding tert-OH is 1. The summed E-state index contributed by atoms with van der Waals surface area (Å²) in [5, 5.41) is 8.79. The molecule has 1 aliphatic heterocycles. The SMILES string of the molecule is CC(C)C1CCCN1C(=O)c1cc(F)ccc1C#CCO. The first-order chi connectivity index (χ1) is 10.0. The summed E-state index contributed by atoms with van der Waals surface area (Å²) in [4.78, 5) is 14.5. The number of likely N-dealkylation sites (tertiary alicyclic amines) is 1. The molecule has 1 amide bonds. The van der Waals surface area contributed by atoms with Crippen LogP contribution < -0.4 is 0 Å². The first-order valence-electron chi connectivity index (χ1n) is 7.25. The molecule has 4 heteroatoms. The number of carbonyl (C=O) groups excluding carboxylic acids is 1. The highest BCUT2D eigenvalue weighted by Crippen LogP contribution is 2.26. The molecule has 2 rings (SSSR count). The minimum absolute atomic E-state index is 0.173. The Bertz CT molecular complexity index is 586. The molecule has 0 spiro atoms. The largest absolute Gasteiger partial charge is 0.384 e. The van der Waals surface area contributed by atoms with Crippen LogP contribution in [0.1, 0.15) is 42.6 Å². The fourth-order valence-electron chi connectivity index (χ4n) is 2.83. The van der Waals surface area contributed by atoms with E-state index in [0.717, 1.165) is 12.8 Å².